The first kappa shape index (κ1) is 19.7. The zero-order chi connectivity index (χ0) is 18.4. The van der Waals surface area contributed by atoms with Gasteiger partial charge in [-0.15, -0.1) is 0 Å². The van der Waals surface area contributed by atoms with Crippen LogP contribution in [0.1, 0.15) is 70.3 Å². The van der Waals surface area contributed by atoms with E-state index >= 15 is 0 Å². The Morgan fingerprint density at radius 2 is 1.69 bits per heavy atom. The number of amides is 1. The second-order valence-corrected chi connectivity index (χ2v) is 7.64. The number of para-hydroxylation sites is 1. The Bertz CT molecular complexity index is 613. The minimum absolute atomic E-state index is 0.122. The highest BCUT2D eigenvalue weighted by Gasteiger charge is 2.55. The van der Waals surface area contributed by atoms with Crippen molar-refractivity contribution in [2.24, 2.45) is 0 Å². The molecule has 1 fully saturated rings. The zero-order valence-electron chi connectivity index (χ0n) is 15.8. The number of fused-ring (bicyclic) bond motifs is 2. The molecular weight excluding hydrogens is 350 g/mol. The summed E-state index contributed by atoms with van der Waals surface area (Å²) in [6, 6.07) is 5.59. The molecule has 2 aliphatic heterocycles. The van der Waals surface area contributed by atoms with E-state index in [0.717, 1.165) is 30.5 Å². The molecule has 2 aliphatic rings. The van der Waals surface area contributed by atoms with Crippen molar-refractivity contribution in [2.75, 3.05) is 24.7 Å². The van der Waals surface area contributed by atoms with E-state index in [2.05, 4.69) is 6.92 Å². The molecular formula is C21H30ClNO3. The van der Waals surface area contributed by atoms with Crippen LogP contribution in [0.2, 0.25) is 5.02 Å². The SMILES string of the molecule is CCCCCCCCCCN1C(=O)C2(OCCCO2)c2cccc(Cl)c21. The molecule has 1 spiro atoms. The summed E-state index contributed by atoms with van der Waals surface area (Å²) in [5, 5.41) is 0.588. The number of nitrogens with zero attached hydrogens (tertiary/aromatic N) is 1. The lowest BCUT2D eigenvalue weighted by molar-refractivity contribution is -0.256. The molecule has 0 radical (unpaired) electrons. The summed E-state index contributed by atoms with van der Waals surface area (Å²) in [6.45, 7) is 3.97. The molecule has 2 heterocycles. The van der Waals surface area contributed by atoms with Gasteiger partial charge in [0.2, 0.25) is 0 Å². The van der Waals surface area contributed by atoms with Crippen molar-refractivity contribution in [3.63, 3.8) is 0 Å². The fourth-order valence-electron chi connectivity index (χ4n) is 3.88. The summed E-state index contributed by atoms with van der Waals surface area (Å²) in [4.78, 5) is 14.9. The Morgan fingerprint density at radius 1 is 1.04 bits per heavy atom. The molecule has 0 unspecified atom stereocenters. The molecule has 5 heteroatoms. The van der Waals surface area contributed by atoms with E-state index in [4.69, 9.17) is 21.1 Å². The van der Waals surface area contributed by atoms with Crippen molar-refractivity contribution in [1.82, 2.24) is 0 Å². The maximum atomic E-state index is 13.1. The summed E-state index contributed by atoms with van der Waals surface area (Å²) in [5.74, 6) is -1.40. The molecule has 1 aromatic carbocycles. The molecule has 26 heavy (non-hydrogen) atoms. The summed E-state index contributed by atoms with van der Waals surface area (Å²) in [5.41, 5.74) is 1.53. The maximum absolute atomic E-state index is 13.1. The van der Waals surface area contributed by atoms with Gasteiger partial charge in [0.15, 0.2) is 0 Å². The summed E-state index contributed by atoms with van der Waals surface area (Å²) < 4.78 is 11.7. The van der Waals surface area contributed by atoms with E-state index in [1.54, 1.807) is 4.90 Å². The number of unbranched alkanes of at least 4 members (excludes halogenated alkanes) is 7. The number of anilines is 1. The zero-order valence-corrected chi connectivity index (χ0v) is 16.5. The van der Waals surface area contributed by atoms with Crippen molar-refractivity contribution >= 4 is 23.2 Å². The lowest BCUT2D eigenvalue weighted by Gasteiger charge is -2.32. The highest BCUT2D eigenvalue weighted by molar-refractivity contribution is 6.35. The van der Waals surface area contributed by atoms with Crippen LogP contribution in [-0.4, -0.2) is 25.7 Å². The van der Waals surface area contributed by atoms with Crippen LogP contribution >= 0.6 is 11.6 Å². The van der Waals surface area contributed by atoms with Crippen molar-refractivity contribution in [3.8, 4) is 0 Å². The molecule has 0 aliphatic carbocycles. The first-order valence-electron chi connectivity index (χ1n) is 10.1. The molecule has 4 nitrogen and oxygen atoms in total. The fraction of sp³-hybridized carbons (Fsp3) is 0.667. The van der Waals surface area contributed by atoms with Crippen LogP contribution in [0.3, 0.4) is 0 Å². The van der Waals surface area contributed by atoms with Gasteiger partial charge in [0.25, 0.3) is 11.7 Å². The van der Waals surface area contributed by atoms with E-state index in [9.17, 15) is 4.79 Å². The van der Waals surface area contributed by atoms with Gasteiger partial charge in [-0.1, -0.05) is 75.6 Å². The number of carbonyl (C=O) groups is 1. The molecule has 1 amide bonds. The summed E-state index contributed by atoms with van der Waals surface area (Å²) in [6.07, 6.45) is 10.7. The molecule has 0 aromatic heterocycles. The van der Waals surface area contributed by atoms with E-state index in [1.807, 2.05) is 18.2 Å². The van der Waals surface area contributed by atoms with Gasteiger partial charge in [-0.3, -0.25) is 4.79 Å². The van der Waals surface area contributed by atoms with Crippen LogP contribution in [0.15, 0.2) is 18.2 Å². The lowest BCUT2D eigenvalue weighted by atomic mass is 10.1. The minimum atomic E-state index is -1.28. The average molecular weight is 380 g/mol. The Labute approximate surface area is 161 Å². The Morgan fingerprint density at radius 3 is 2.38 bits per heavy atom. The third-order valence-electron chi connectivity index (χ3n) is 5.27. The lowest BCUT2D eigenvalue weighted by Crippen LogP contribution is -2.47. The van der Waals surface area contributed by atoms with E-state index in [0.29, 0.717) is 24.8 Å². The number of carbonyl (C=O) groups excluding carboxylic acids is 1. The van der Waals surface area contributed by atoms with Gasteiger partial charge < -0.3 is 14.4 Å². The van der Waals surface area contributed by atoms with Crippen LogP contribution < -0.4 is 4.90 Å². The van der Waals surface area contributed by atoms with E-state index < -0.39 is 5.79 Å². The Balaban J connectivity index is 1.60. The smallest absolute Gasteiger partial charge is 0.292 e. The molecule has 0 atom stereocenters. The number of halogens is 1. The van der Waals surface area contributed by atoms with Crippen molar-refractivity contribution in [2.45, 2.75) is 70.5 Å². The second-order valence-electron chi connectivity index (χ2n) is 7.23. The van der Waals surface area contributed by atoms with Crippen LogP contribution in [0, 0.1) is 0 Å². The third-order valence-corrected chi connectivity index (χ3v) is 5.58. The van der Waals surface area contributed by atoms with Gasteiger partial charge in [0.05, 0.1) is 23.9 Å². The molecule has 0 bridgehead atoms. The van der Waals surface area contributed by atoms with E-state index in [-0.39, 0.29) is 5.91 Å². The van der Waals surface area contributed by atoms with Gasteiger partial charge in [0.1, 0.15) is 0 Å². The monoisotopic (exact) mass is 379 g/mol. The second kappa shape index (κ2) is 9.20. The summed E-state index contributed by atoms with van der Waals surface area (Å²) >= 11 is 6.44. The fourth-order valence-corrected chi connectivity index (χ4v) is 4.15. The standard InChI is InChI=1S/C21H30ClNO3/c1-2-3-4-5-6-7-8-9-14-23-19-17(12-10-13-18(19)22)21(20(23)24)25-15-11-16-26-21/h10,12-13H,2-9,11,14-16H2,1H3. The Kier molecular flexibility index (Phi) is 6.96. The van der Waals surface area contributed by atoms with Crippen LogP contribution in [0.25, 0.3) is 0 Å². The van der Waals surface area contributed by atoms with Crippen molar-refractivity contribution < 1.29 is 14.3 Å². The highest BCUT2D eigenvalue weighted by atomic mass is 35.5. The quantitative estimate of drug-likeness (QED) is 0.538. The molecule has 1 saturated heterocycles. The van der Waals surface area contributed by atoms with Crippen molar-refractivity contribution in [3.05, 3.63) is 28.8 Å². The van der Waals surface area contributed by atoms with Gasteiger partial charge >= 0.3 is 0 Å². The molecule has 0 saturated carbocycles. The average Bonchev–Trinajstić information content (AvgIpc) is 2.88. The van der Waals surface area contributed by atoms with Crippen LogP contribution in [-0.2, 0) is 20.1 Å². The number of ether oxygens (including phenoxy) is 2. The number of benzene rings is 1. The third kappa shape index (κ3) is 3.92. The molecule has 144 valence electrons. The molecule has 3 rings (SSSR count). The Hall–Kier alpha value is -1.10. The first-order chi connectivity index (χ1) is 12.7. The number of hydrogen-bond acceptors (Lipinski definition) is 3. The topological polar surface area (TPSA) is 38.8 Å². The van der Waals surface area contributed by atoms with Gasteiger partial charge in [-0.2, -0.15) is 0 Å². The highest BCUT2D eigenvalue weighted by Crippen LogP contribution is 2.48. The first-order valence-corrected chi connectivity index (χ1v) is 10.5. The van der Waals surface area contributed by atoms with Crippen LogP contribution in [0.5, 0.6) is 0 Å². The molecule has 0 N–H and O–H groups in total. The summed E-state index contributed by atoms with van der Waals surface area (Å²) in [7, 11) is 0. The van der Waals surface area contributed by atoms with Gasteiger partial charge in [-0.05, 0) is 18.9 Å². The van der Waals surface area contributed by atoms with Gasteiger partial charge in [0, 0.05) is 12.1 Å². The van der Waals surface area contributed by atoms with Crippen molar-refractivity contribution in [1.29, 1.82) is 0 Å². The van der Waals surface area contributed by atoms with Gasteiger partial charge in [-0.25, -0.2) is 0 Å². The minimum Gasteiger partial charge on any atom is -0.338 e. The van der Waals surface area contributed by atoms with E-state index in [1.165, 1.54) is 38.5 Å². The number of hydrogen-bond donors (Lipinski definition) is 0. The molecule has 1 aromatic rings. The predicted octanol–water partition coefficient (Wildman–Crippen LogP) is 5.42. The number of rotatable bonds is 9. The predicted molar refractivity (Wildman–Crippen MR) is 105 cm³/mol. The van der Waals surface area contributed by atoms with Crippen LogP contribution in [0.4, 0.5) is 5.69 Å². The normalized spacial score (nSPS) is 18.5. The maximum Gasteiger partial charge on any atom is 0.292 e. The largest absolute Gasteiger partial charge is 0.338 e.